The summed E-state index contributed by atoms with van der Waals surface area (Å²) < 4.78 is 0. The fourth-order valence-electron chi connectivity index (χ4n) is 1.85. The van der Waals surface area contributed by atoms with Crippen LogP contribution < -0.4 is 5.32 Å². The minimum Gasteiger partial charge on any atom is -0.319 e. The maximum absolute atomic E-state index is 12.0. The third-order valence-electron chi connectivity index (χ3n) is 2.66. The number of hydrogen-bond acceptors (Lipinski definition) is 3. The van der Waals surface area contributed by atoms with Gasteiger partial charge >= 0.3 is 0 Å². The molecule has 1 amide bonds. The molecule has 3 nitrogen and oxygen atoms in total. The molecule has 0 saturated carbocycles. The number of carbonyl (C=O) groups is 1. The summed E-state index contributed by atoms with van der Waals surface area (Å²) in [6, 6.07) is 13.8. The molecule has 0 saturated heterocycles. The van der Waals surface area contributed by atoms with Crippen LogP contribution in [0, 0.1) is 0 Å². The molecule has 18 heavy (non-hydrogen) atoms. The van der Waals surface area contributed by atoms with Gasteiger partial charge in [0, 0.05) is 22.7 Å². The van der Waals surface area contributed by atoms with Crippen molar-refractivity contribution in [2.24, 2.45) is 0 Å². The summed E-state index contributed by atoms with van der Waals surface area (Å²) >= 11 is 1.33. The molecule has 0 bridgehead atoms. The molecule has 1 aromatic heterocycles. The molecular weight excluding hydrogens is 244 g/mol. The summed E-state index contributed by atoms with van der Waals surface area (Å²) in [5, 5.41) is 7.30. The highest BCUT2D eigenvalue weighted by molar-refractivity contribution is 7.11. The van der Waals surface area contributed by atoms with Crippen molar-refractivity contribution < 1.29 is 4.79 Å². The number of nitrogens with one attached hydrogen (secondary N) is 1. The van der Waals surface area contributed by atoms with E-state index in [1.807, 2.05) is 42.5 Å². The summed E-state index contributed by atoms with van der Waals surface area (Å²) in [6.45, 7) is 0. The van der Waals surface area contributed by atoms with Crippen molar-refractivity contribution in [2.75, 3.05) is 5.32 Å². The van der Waals surface area contributed by atoms with E-state index in [4.69, 9.17) is 0 Å². The first-order valence-electron chi connectivity index (χ1n) is 5.53. The molecule has 1 N–H and O–H groups in total. The maximum Gasteiger partial charge on any atom is 0.284 e. The van der Waals surface area contributed by atoms with E-state index in [0.29, 0.717) is 5.01 Å². The van der Waals surface area contributed by atoms with Crippen LogP contribution in [0.15, 0.2) is 54.0 Å². The first-order valence-corrected chi connectivity index (χ1v) is 6.41. The van der Waals surface area contributed by atoms with Gasteiger partial charge in [0.05, 0.1) is 0 Å². The van der Waals surface area contributed by atoms with Gasteiger partial charge in [-0.15, -0.1) is 11.3 Å². The summed E-state index contributed by atoms with van der Waals surface area (Å²) in [7, 11) is 0. The number of amides is 1. The quantitative estimate of drug-likeness (QED) is 0.760. The van der Waals surface area contributed by atoms with E-state index in [1.54, 1.807) is 11.6 Å². The highest BCUT2D eigenvalue weighted by atomic mass is 32.1. The lowest BCUT2D eigenvalue weighted by Crippen LogP contribution is -2.11. The molecule has 0 spiro atoms. The Balaban J connectivity index is 1.98. The molecule has 3 aromatic rings. The van der Waals surface area contributed by atoms with E-state index < -0.39 is 0 Å². The fraction of sp³-hybridized carbons (Fsp3) is 0. The van der Waals surface area contributed by atoms with E-state index in [-0.39, 0.29) is 5.91 Å². The number of thiazole rings is 1. The van der Waals surface area contributed by atoms with Crippen LogP contribution in [0.5, 0.6) is 0 Å². The minimum atomic E-state index is -0.165. The zero-order valence-electron chi connectivity index (χ0n) is 9.46. The molecule has 0 aliphatic heterocycles. The summed E-state index contributed by atoms with van der Waals surface area (Å²) in [5.74, 6) is -0.165. The topological polar surface area (TPSA) is 42.0 Å². The first-order chi connectivity index (χ1) is 8.84. The molecule has 88 valence electrons. The van der Waals surface area contributed by atoms with Gasteiger partial charge in [0.25, 0.3) is 5.91 Å². The van der Waals surface area contributed by atoms with Crippen LogP contribution in [-0.4, -0.2) is 10.9 Å². The van der Waals surface area contributed by atoms with E-state index >= 15 is 0 Å². The molecule has 1 heterocycles. The Hall–Kier alpha value is -2.20. The van der Waals surface area contributed by atoms with Gasteiger partial charge in [0.2, 0.25) is 0 Å². The Kier molecular flexibility index (Phi) is 2.78. The standard InChI is InChI=1S/C14H10N2OS/c17-13(14-15-8-9-18-14)16-12-7-3-5-10-4-1-2-6-11(10)12/h1-9H,(H,16,17). The monoisotopic (exact) mass is 254 g/mol. The van der Waals surface area contributed by atoms with Crippen LogP contribution in [0.3, 0.4) is 0 Å². The van der Waals surface area contributed by atoms with E-state index in [0.717, 1.165) is 16.5 Å². The van der Waals surface area contributed by atoms with Gasteiger partial charge in [-0.25, -0.2) is 4.98 Å². The number of hydrogen-bond donors (Lipinski definition) is 1. The number of aromatic nitrogens is 1. The fourth-order valence-corrected chi connectivity index (χ4v) is 2.38. The average molecular weight is 254 g/mol. The Morgan fingerprint density at radius 3 is 2.78 bits per heavy atom. The molecule has 0 fully saturated rings. The Morgan fingerprint density at radius 2 is 1.94 bits per heavy atom. The van der Waals surface area contributed by atoms with Gasteiger partial charge in [-0.2, -0.15) is 0 Å². The van der Waals surface area contributed by atoms with Gasteiger partial charge in [0.15, 0.2) is 5.01 Å². The number of fused-ring (bicyclic) bond motifs is 1. The summed E-state index contributed by atoms with van der Waals surface area (Å²) in [4.78, 5) is 16.0. The van der Waals surface area contributed by atoms with Crippen molar-refractivity contribution in [2.45, 2.75) is 0 Å². The van der Waals surface area contributed by atoms with Gasteiger partial charge in [-0.05, 0) is 11.5 Å². The Bertz CT molecular complexity index is 687. The second-order valence-electron chi connectivity index (χ2n) is 3.82. The highest BCUT2D eigenvalue weighted by Gasteiger charge is 2.09. The first kappa shape index (κ1) is 10.9. The van der Waals surface area contributed by atoms with Crippen molar-refractivity contribution in [3.8, 4) is 0 Å². The van der Waals surface area contributed by atoms with Gasteiger partial charge < -0.3 is 5.32 Å². The van der Waals surface area contributed by atoms with E-state index in [2.05, 4.69) is 10.3 Å². The third kappa shape index (κ3) is 1.98. The SMILES string of the molecule is O=C(Nc1cccc2ccccc12)c1nccs1. The van der Waals surface area contributed by atoms with Crippen LogP contribution >= 0.6 is 11.3 Å². The maximum atomic E-state index is 12.0. The highest BCUT2D eigenvalue weighted by Crippen LogP contribution is 2.23. The molecule has 2 aromatic carbocycles. The lowest BCUT2D eigenvalue weighted by molar-refractivity contribution is 0.102. The van der Waals surface area contributed by atoms with Gasteiger partial charge in [-0.3, -0.25) is 4.79 Å². The molecule has 0 atom stereocenters. The Labute approximate surface area is 108 Å². The van der Waals surface area contributed by atoms with Crippen LogP contribution in [0.25, 0.3) is 10.8 Å². The molecular formula is C14H10N2OS. The largest absolute Gasteiger partial charge is 0.319 e. The Morgan fingerprint density at radius 1 is 1.11 bits per heavy atom. The van der Waals surface area contributed by atoms with Gasteiger partial charge in [-0.1, -0.05) is 36.4 Å². The van der Waals surface area contributed by atoms with Crippen molar-refractivity contribution >= 4 is 33.7 Å². The zero-order valence-corrected chi connectivity index (χ0v) is 10.3. The summed E-state index contributed by atoms with van der Waals surface area (Å²) in [6.07, 6.45) is 1.63. The number of nitrogens with zero attached hydrogens (tertiary/aromatic N) is 1. The molecule has 0 aliphatic rings. The molecule has 3 rings (SSSR count). The van der Waals surface area contributed by atoms with Crippen LogP contribution in [0.2, 0.25) is 0 Å². The number of benzene rings is 2. The van der Waals surface area contributed by atoms with E-state index in [9.17, 15) is 4.79 Å². The zero-order chi connectivity index (χ0) is 12.4. The minimum absolute atomic E-state index is 0.165. The van der Waals surface area contributed by atoms with Crippen LogP contribution in [0.1, 0.15) is 9.80 Å². The number of carbonyl (C=O) groups excluding carboxylic acids is 1. The summed E-state index contributed by atoms with van der Waals surface area (Å²) in [5.41, 5.74) is 0.813. The third-order valence-corrected chi connectivity index (χ3v) is 3.44. The molecule has 0 aliphatic carbocycles. The number of rotatable bonds is 2. The molecule has 0 unspecified atom stereocenters. The van der Waals surface area contributed by atoms with Crippen LogP contribution in [-0.2, 0) is 0 Å². The van der Waals surface area contributed by atoms with Crippen LogP contribution in [0.4, 0.5) is 5.69 Å². The lowest BCUT2D eigenvalue weighted by atomic mass is 10.1. The molecule has 0 radical (unpaired) electrons. The van der Waals surface area contributed by atoms with Gasteiger partial charge in [0.1, 0.15) is 0 Å². The normalized spacial score (nSPS) is 10.4. The van der Waals surface area contributed by atoms with Crippen molar-refractivity contribution in [1.82, 2.24) is 4.98 Å². The predicted molar refractivity (Wildman–Crippen MR) is 74.0 cm³/mol. The molecule has 4 heteroatoms. The second kappa shape index (κ2) is 4.58. The van der Waals surface area contributed by atoms with E-state index in [1.165, 1.54) is 11.3 Å². The smallest absolute Gasteiger partial charge is 0.284 e. The lowest BCUT2D eigenvalue weighted by Gasteiger charge is -2.07. The van der Waals surface area contributed by atoms with Crippen molar-refractivity contribution in [3.63, 3.8) is 0 Å². The van der Waals surface area contributed by atoms with Crippen molar-refractivity contribution in [1.29, 1.82) is 0 Å². The number of anilines is 1. The average Bonchev–Trinajstić information content (AvgIpc) is 2.93. The predicted octanol–water partition coefficient (Wildman–Crippen LogP) is 3.55. The van der Waals surface area contributed by atoms with Crippen molar-refractivity contribution in [3.05, 3.63) is 59.0 Å². The second-order valence-corrected chi connectivity index (χ2v) is 4.71.